The molecule has 0 spiro atoms. The van der Waals surface area contributed by atoms with Crippen LogP contribution in [0.1, 0.15) is 77.3 Å². The van der Waals surface area contributed by atoms with E-state index >= 15 is 0 Å². The Hall–Kier alpha value is -2.01. The third-order valence-corrected chi connectivity index (χ3v) is 6.17. The Labute approximate surface area is 188 Å². The number of aryl methyl sites for hydroxylation is 1. The van der Waals surface area contributed by atoms with Gasteiger partial charge in [-0.05, 0) is 49.3 Å². The van der Waals surface area contributed by atoms with Crippen molar-refractivity contribution in [3.63, 3.8) is 0 Å². The van der Waals surface area contributed by atoms with E-state index in [1.165, 1.54) is 66.2 Å². The fraction of sp³-hybridized carbons (Fsp3) is 0.654. The summed E-state index contributed by atoms with van der Waals surface area (Å²) in [6, 6.07) is 4.36. The van der Waals surface area contributed by atoms with Gasteiger partial charge in [-0.3, -0.25) is 4.79 Å². The number of nitrogens with zero attached hydrogens (tertiary/aromatic N) is 1. The van der Waals surface area contributed by atoms with Gasteiger partial charge in [0.15, 0.2) is 0 Å². The summed E-state index contributed by atoms with van der Waals surface area (Å²) >= 11 is 0. The molecule has 0 saturated heterocycles. The first-order valence-electron chi connectivity index (χ1n) is 12.2. The Kier molecular flexibility index (Phi) is 10.4. The number of aliphatic hydroxyl groups excluding tert-OH is 1. The third kappa shape index (κ3) is 6.49. The van der Waals surface area contributed by atoms with Crippen molar-refractivity contribution < 1.29 is 9.90 Å². The van der Waals surface area contributed by atoms with Crippen LogP contribution in [0.25, 0.3) is 10.9 Å². The lowest BCUT2D eigenvalue weighted by atomic mass is 9.97. The third-order valence-electron chi connectivity index (χ3n) is 6.17. The lowest BCUT2D eigenvalue weighted by Crippen LogP contribution is -2.48. The van der Waals surface area contributed by atoms with Gasteiger partial charge in [0.05, 0.1) is 5.52 Å². The molecule has 1 unspecified atom stereocenters. The van der Waals surface area contributed by atoms with Crippen LogP contribution in [0, 0.1) is 5.92 Å². The Bertz CT molecular complexity index is 812. The summed E-state index contributed by atoms with van der Waals surface area (Å²) in [5.74, 6) is 0.388. The predicted molar refractivity (Wildman–Crippen MR) is 132 cm³/mol. The smallest absolute Gasteiger partial charge is 0.242 e. The molecule has 1 atom stereocenters. The summed E-state index contributed by atoms with van der Waals surface area (Å²) in [6.07, 6.45) is 12.1. The second-order valence-electron chi connectivity index (χ2n) is 8.98. The van der Waals surface area contributed by atoms with Crippen molar-refractivity contribution in [2.75, 3.05) is 25.1 Å². The maximum atomic E-state index is 12.7. The molecule has 3 rings (SSSR count). The first kappa shape index (κ1) is 25.3. The second-order valence-corrected chi connectivity index (χ2v) is 8.98. The molecule has 1 aromatic carbocycles. The first-order chi connectivity index (χ1) is 15.0. The number of carbonyl (C=O) groups excluding carboxylic acids is 1. The van der Waals surface area contributed by atoms with Crippen LogP contribution in [0.4, 0.5) is 5.69 Å². The molecule has 0 radical (unpaired) electrons. The number of hydrogen-bond donors (Lipinski definition) is 3. The van der Waals surface area contributed by atoms with Crippen LogP contribution < -0.4 is 10.2 Å². The lowest BCUT2D eigenvalue weighted by Gasteiger charge is -2.32. The molecule has 1 aromatic heterocycles. The first-order valence-corrected chi connectivity index (χ1v) is 12.2. The number of aromatic nitrogens is 1. The average molecular weight is 430 g/mol. The largest absolute Gasteiger partial charge is 0.397 e. The van der Waals surface area contributed by atoms with Crippen LogP contribution in [0.5, 0.6) is 0 Å². The Morgan fingerprint density at radius 2 is 1.81 bits per heavy atom. The molecule has 1 amide bonds. The molecule has 31 heavy (non-hydrogen) atoms. The summed E-state index contributed by atoms with van der Waals surface area (Å²) in [6.45, 7) is 9.15. The summed E-state index contributed by atoms with van der Waals surface area (Å²) < 4.78 is 0. The Balaban J connectivity index is 0.00000107. The molecular formula is C26H43N3O2. The monoisotopic (exact) mass is 429 g/mol. The van der Waals surface area contributed by atoms with E-state index in [9.17, 15) is 4.79 Å². The quantitative estimate of drug-likeness (QED) is 0.505. The van der Waals surface area contributed by atoms with Gasteiger partial charge >= 0.3 is 0 Å². The molecule has 0 saturated carbocycles. The molecule has 0 aliphatic carbocycles. The molecule has 5 nitrogen and oxygen atoms in total. The highest BCUT2D eigenvalue weighted by Crippen LogP contribution is 2.35. The van der Waals surface area contributed by atoms with Crippen molar-refractivity contribution in [1.29, 1.82) is 0 Å². The highest BCUT2D eigenvalue weighted by atomic mass is 16.2. The number of unbranched alkanes of at least 4 members (excludes halogenated alkanes) is 5. The maximum Gasteiger partial charge on any atom is 0.242 e. The van der Waals surface area contributed by atoms with E-state index in [1.807, 2.05) is 0 Å². The van der Waals surface area contributed by atoms with E-state index in [2.05, 4.69) is 61.3 Å². The minimum Gasteiger partial charge on any atom is -0.397 e. The molecule has 2 heterocycles. The van der Waals surface area contributed by atoms with Gasteiger partial charge in [0.1, 0.15) is 6.04 Å². The van der Waals surface area contributed by atoms with Crippen molar-refractivity contribution in [2.45, 2.75) is 85.1 Å². The van der Waals surface area contributed by atoms with Crippen molar-refractivity contribution in [3.05, 3.63) is 29.5 Å². The zero-order chi connectivity index (χ0) is 22.8. The van der Waals surface area contributed by atoms with Crippen LogP contribution in [-0.2, 0) is 17.6 Å². The van der Waals surface area contributed by atoms with Crippen LogP contribution in [0.15, 0.2) is 18.3 Å². The number of benzene rings is 1. The summed E-state index contributed by atoms with van der Waals surface area (Å²) in [5.41, 5.74) is 5.17. The Morgan fingerprint density at radius 3 is 2.48 bits per heavy atom. The number of aromatic amines is 1. The van der Waals surface area contributed by atoms with Crippen molar-refractivity contribution >= 4 is 22.5 Å². The molecule has 0 bridgehead atoms. The molecular weight excluding hydrogens is 386 g/mol. The highest BCUT2D eigenvalue weighted by molar-refractivity contribution is 5.99. The maximum absolute atomic E-state index is 12.7. The number of carbonyl (C=O) groups is 1. The number of likely N-dealkylation sites (N-methyl/N-ethyl adjacent to an activating group) is 1. The van der Waals surface area contributed by atoms with Crippen molar-refractivity contribution in [2.24, 2.45) is 5.92 Å². The summed E-state index contributed by atoms with van der Waals surface area (Å²) in [5, 5.41) is 12.0. The second kappa shape index (κ2) is 12.7. The van der Waals surface area contributed by atoms with E-state index in [-0.39, 0.29) is 24.5 Å². The van der Waals surface area contributed by atoms with E-state index < -0.39 is 0 Å². The van der Waals surface area contributed by atoms with Gasteiger partial charge in [0, 0.05) is 37.5 Å². The summed E-state index contributed by atoms with van der Waals surface area (Å²) in [4.78, 5) is 18.5. The standard InChI is InChI=1S/C24H37N3O.C2H6O/c1-5-6-7-8-9-10-11-18-12-13-20-21-19(16-26-22(18)21)14-15-25-24(28)23(17(2)3)27(20)4;1-2-3/h12-13,16-17,23,26H,5-11,14-15H2,1-4H3,(H,25,28);3H,2H2,1H3. The van der Waals surface area contributed by atoms with E-state index in [4.69, 9.17) is 5.11 Å². The minimum atomic E-state index is -0.145. The van der Waals surface area contributed by atoms with Crippen LogP contribution in [0.2, 0.25) is 0 Å². The number of H-pyrrole nitrogens is 1. The van der Waals surface area contributed by atoms with Gasteiger partial charge in [-0.1, -0.05) is 58.9 Å². The van der Waals surface area contributed by atoms with E-state index in [0.717, 1.165) is 12.8 Å². The molecule has 2 aromatic rings. The van der Waals surface area contributed by atoms with Crippen LogP contribution in [0.3, 0.4) is 0 Å². The fourth-order valence-corrected chi connectivity index (χ4v) is 4.65. The molecule has 1 aliphatic heterocycles. The molecule has 174 valence electrons. The lowest BCUT2D eigenvalue weighted by molar-refractivity contribution is -0.123. The van der Waals surface area contributed by atoms with Gasteiger partial charge in [-0.25, -0.2) is 0 Å². The topological polar surface area (TPSA) is 68.4 Å². The van der Waals surface area contributed by atoms with Gasteiger partial charge in [-0.15, -0.1) is 0 Å². The number of rotatable bonds is 8. The average Bonchev–Trinajstić information content (AvgIpc) is 3.16. The summed E-state index contributed by atoms with van der Waals surface area (Å²) in [7, 11) is 2.06. The molecule has 3 N–H and O–H groups in total. The van der Waals surface area contributed by atoms with Gasteiger partial charge in [0.2, 0.25) is 5.91 Å². The van der Waals surface area contributed by atoms with Crippen LogP contribution >= 0.6 is 0 Å². The number of anilines is 1. The fourth-order valence-electron chi connectivity index (χ4n) is 4.65. The highest BCUT2D eigenvalue weighted by Gasteiger charge is 2.29. The molecule has 1 aliphatic rings. The molecule has 0 fully saturated rings. The number of aliphatic hydroxyl groups is 1. The van der Waals surface area contributed by atoms with Gasteiger partial charge < -0.3 is 20.3 Å². The number of hydrogen-bond acceptors (Lipinski definition) is 3. The predicted octanol–water partition coefficient (Wildman–Crippen LogP) is 5.20. The van der Waals surface area contributed by atoms with Crippen molar-refractivity contribution in [3.8, 4) is 0 Å². The van der Waals surface area contributed by atoms with Gasteiger partial charge in [0.25, 0.3) is 0 Å². The molecule has 5 heteroatoms. The number of nitrogens with one attached hydrogen (secondary N) is 2. The normalized spacial score (nSPS) is 16.4. The van der Waals surface area contributed by atoms with Crippen molar-refractivity contribution in [1.82, 2.24) is 10.3 Å². The number of amides is 1. The zero-order valence-corrected chi connectivity index (χ0v) is 20.3. The zero-order valence-electron chi connectivity index (χ0n) is 20.3. The van der Waals surface area contributed by atoms with E-state index in [1.54, 1.807) is 6.92 Å². The van der Waals surface area contributed by atoms with Crippen LogP contribution in [-0.4, -0.2) is 42.2 Å². The van der Waals surface area contributed by atoms with Gasteiger partial charge in [-0.2, -0.15) is 0 Å². The van der Waals surface area contributed by atoms with E-state index in [0.29, 0.717) is 6.54 Å². The Morgan fingerprint density at radius 1 is 1.13 bits per heavy atom. The minimum absolute atomic E-state index is 0.135. The SMILES string of the molecule is CCCCCCCCc1ccc2c3c(c[nH]c13)CCNC(=O)C(C(C)C)N2C.CCO.